The predicted octanol–water partition coefficient (Wildman–Crippen LogP) is 1.34. The minimum atomic E-state index is 0.0503. The largest absolute Gasteiger partial charge is 0.497 e. The standard InChI is InChI=1S/C12H17NO2/c1-7-6-15-10-5-8-3-4-9(13(8)2)11(10)12(7)14/h7-9H,3-6H2,1-2H3/t7?,8-,9+/m1/s1. The lowest BCUT2D eigenvalue weighted by atomic mass is 9.88. The molecular formula is C12H17NO2. The topological polar surface area (TPSA) is 29.5 Å². The molecule has 15 heavy (non-hydrogen) atoms. The van der Waals surface area contributed by atoms with Gasteiger partial charge in [-0.15, -0.1) is 0 Å². The van der Waals surface area contributed by atoms with E-state index in [-0.39, 0.29) is 5.92 Å². The van der Waals surface area contributed by atoms with Gasteiger partial charge in [0.25, 0.3) is 0 Å². The number of carbonyl (C=O) groups is 1. The Labute approximate surface area is 90.1 Å². The SMILES string of the molecule is CC1COC2=C(C1=O)[C@@H]1CC[C@H](C2)N1C. The number of ketones is 1. The summed E-state index contributed by atoms with van der Waals surface area (Å²) in [6.45, 7) is 2.55. The molecule has 82 valence electrons. The molecule has 1 fully saturated rings. The first-order chi connectivity index (χ1) is 7.18. The maximum Gasteiger partial charge on any atom is 0.170 e. The summed E-state index contributed by atoms with van der Waals surface area (Å²) in [7, 11) is 2.14. The minimum absolute atomic E-state index is 0.0503. The molecule has 3 atom stereocenters. The number of hydrogen-bond donors (Lipinski definition) is 0. The van der Waals surface area contributed by atoms with Crippen molar-refractivity contribution in [2.24, 2.45) is 5.92 Å². The molecule has 3 nitrogen and oxygen atoms in total. The van der Waals surface area contributed by atoms with Gasteiger partial charge in [0.1, 0.15) is 5.76 Å². The van der Waals surface area contributed by atoms with Crippen LogP contribution in [0.5, 0.6) is 0 Å². The Morgan fingerprint density at radius 2 is 2.20 bits per heavy atom. The summed E-state index contributed by atoms with van der Waals surface area (Å²) in [5.74, 6) is 1.38. The van der Waals surface area contributed by atoms with Crippen molar-refractivity contribution >= 4 is 5.78 Å². The summed E-state index contributed by atoms with van der Waals surface area (Å²) in [4.78, 5) is 14.5. The summed E-state index contributed by atoms with van der Waals surface area (Å²) < 4.78 is 5.73. The third-order valence-electron chi connectivity index (χ3n) is 4.12. The van der Waals surface area contributed by atoms with E-state index in [1.54, 1.807) is 0 Å². The van der Waals surface area contributed by atoms with Crippen LogP contribution in [0.25, 0.3) is 0 Å². The first-order valence-electron chi connectivity index (χ1n) is 5.80. The Kier molecular flexibility index (Phi) is 1.93. The van der Waals surface area contributed by atoms with E-state index >= 15 is 0 Å². The molecule has 0 amide bonds. The van der Waals surface area contributed by atoms with Crippen LogP contribution in [0, 0.1) is 5.92 Å². The van der Waals surface area contributed by atoms with Gasteiger partial charge >= 0.3 is 0 Å². The molecule has 3 rings (SSSR count). The van der Waals surface area contributed by atoms with E-state index < -0.39 is 0 Å². The van der Waals surface area contributed by atoms with Crippen LogP contribution in [-0.2, 0) is 9.53 Å². The van der Waals surface area contributed by atoms with Gasteiger partial charge in [0.2, 0.25) is 0 Å². The van der Waals surface area contributed by atoms with Crippen LogP contribution in [0.2, 0.25) is 0 Å². The van der Waals surface area contributed by atoms with Crippen molar-refractivity contribution in [1.82, 2.24) is 4.90 Å². The van der Waals surface area contributed by atoms with Gasteiger partial charge in [-0.2, -0.15) is 0 Å². The van der Waals surface area contributed by atoms with Crippen LogP contribution in [0.3, 0.4) is 0 Å². The molecular weight excluding hydrogens is 190 g/mol. The number of rotatable bonds is 0. The van der Waals surface area contributed by atoms with Gasteiger partial charge in [-0.1, -0.05) is 6.92 Å². The van der Waals surface area contributed by atoms with Crippen LogP contribution in [0.1, 0.15) is 26.2 Å². The van der Waals surface area contributed by atoms with Gasteiger partial charge in [0, 0.05) is 18.5 Å². The number of likely N-dealkylation sites (N-methyl/N-ethyl adjacent to an activating group) is 1. The number of carbonyl (C=O) groups excluding carboxylic acids is 1. The molecule has 3 aliphatic heterocycles. The second-order valence-corrected chi connectivity index (χ2v) is 5.03. The van der Waals surface area contributed by atoms with Crippen molar-refractivity contribution in [1.29, 1.82) is 0 Å². The fraction of sp³-hybridized carbons (Fsp3) is 0.750. The highest BCUT2D eigenvalue weighted by molar-refractivity contribution is 5.99. The molecule has 0 radical (unpaired) electrons. The first-order valence-corrected chi connectivity index (χ1v) is 5.80. The van der Waals surface area contributed by atoms with Crippen molar-refractivity contribution in [2.45, 2.75) is 38.3 Å². The van der Waals surface area contributed by atoms with E-state index in [1.807, 2.05) is 6.92 Å². The van der Waals surface area contributed by atoms with Crippen LogP contribution < -0.4 is 0 Å². The first kappa shape index (κ1) is 9.40. The Hall–Kier alpha value is -0.830. The van der Waals surface area contributed by atoms with E-state index in [0.717, 1.165) is 24.2 Å². The van der Waals surface area contributed by atoms with E-state index in [2.05, 4.69) is 11.9 Å². The molecule has 0 spiro atoms. The molecule has 1 unspecified atom stereocenters. The molecule has 0 N–H and O–H groups in total. The number of hydrogen-bond acceptors (Lipinski definition) is 3. The highest BCUT2D eigenvalue weighted by Crippen LogP contribution is 2.41. The second kappa shape index (κ2) is 3.08. The minimum Gasteiger partial charge on any atom is -0.497 e. The fourth-order valence-corrected chi connectivity index (χ4v) is 3.12. The normalized spacial score (nSPS) is 40.4. The highest BCUT2D eigenvalue weighted by atomic mass is 16.5. The summed E-state index contributed by atoms with van der Waals surface area (Å²) in [6, 6.07) is 0.948. The third kappa shape index (κ3) is 1.19. The molecule has 0 aromatic rings. The van der Waals surface area contributed by atoms with Gasteiger partial charge in [-0.25, -0.2) is 0 Å². The Balaban J connectivity index is 2.03. The predicted molar refractivity (Wildman–Crippen MR) is 56.3 cm³/mol. The van der Waals surface area contributed by atoms with Gasteiger partial charge in [0.05, 0.1) is 18.1 Å². The van der Waals surface area contributed by atoms with Crippen molar-refractivity contribution in [3.63, 3.8) is 0 Å². The number of Topliss-reactive ketones (excluding diaryl/α,β-unsaturated/α-hetero) is 1. The summed E-state index contributed by atoms with van der Waals surface area (Å²) in [5.41, 5.74) is 0.991. The van der Waals surface area contributed by atoms with Crippen molar-refractivity contribution < 1.29 is 9.53 Å². The van der Waals surface area contributed by atoms with Crippen LogP contribution in [0.15, 0.2) is 11.3 Å². The average molecular weight is 207 g/mol. The summed E-state index contributed by atoms with van der Waals surface area (Å²) in [6.07, 6.45) is 3.28. The number of nitrogens with zero attached hydrogens (tertiary/aromatic N) is 1. The van der Waals surface area contributed by atoms with Crippen molar-refractivity contribution in [2.75, 3.05) is 13.7 Å². The maximum absolute atomic E-state index is 12.1. The summed E-state index contributed by atoms with van der Waals surface area (Å²) >= 11 is 0. The molecule has 0 aromatic carbocycles. The molecule has 1 saturated heterocycles. The van der Waals surface area contributed by atoms with Crippen molar-refractivity contribution in [3.8, 4) is 0 Å². The lowest BCUT2D eigenvalue weighted by Gasteiger charge is -2.37. The zero-order valence-electron chi connectivity index (χ0n) is 9.32. The average Bonchev–Trinajstić information content (AvgIpc) is 2.49. The molecule has 2 bridgehead atoms. The van der Waals surface area contributed by atoms with Gasteiger partial charge in [0.15, 0.2) is 5.78 Å². The Morgan fingerprint density at radius 3 is 3.00 bits per heavy atom. The van der Waals surface area contributed by atoms with E-state index in [4.69, 9.17) is 4.74 Å². The van der Waals surface area contributed by atoms with E-state index in [0.29, 0.717) is 24.5 Å². The van der Waals surface area contributed by atoms with Gasteiger partial charge < -0.3 is 4.74 Å². The lowest BCUT2D eigenvalue weighted by molar-refractivity contribution is -0.123. The van der Waals surface area contributed by atoms with Crippen LogP contribution >= 0.6 is 0 Å². The lowest BCUT2D eigenvalue weighted by Crippen LogP contribution is -2.44. The van der Waals surface area contributed by atoms with Gasteiger partial charge in [-0.3, -0.25) is 9.69 Å². The quantitative estimate of drug-likeness (QED) is 0.600. The third-order valence-corrected chi connectivity index (χ3v) is 4.12. The van der Waals surface area contributed by atoms with Crippen molar-refractivity contribution in [3.05, 3.63) is 11.3 Å². The smallest absolute Gasteiger partial charge is 0.170 e. The molecule has 3 heteroatoms. The molecule has 0 saturated carbocycles. The van der Waals surface area contributed by atoms with Gasteiger partial charge in [-0.05, 0) is 19.9 Å². The maximum atomic E-state index is 12.1. The van der Waals surface area contributed by atoms with E-state index in [9.17, 15) is 4.79 Å². The van der Waals surface area contributed by atoms with Crippen LogP contribution in [-0.4, -0.2) is 36.4 Å². The van der Waals surface area contributed by atoms with Crippen LogP contribution in [0.4, 0.5) is 0 Å². The Morgan fingerprint density at radius 1 is 1.40 bits per heavy atom. The fourth-order valence-electron chi connectivity index (χ4n) is 3.12. The molecule has 0 aromatic heterocycles. The molecule has 0 aliphatic carbocycles. The number of fused-ring (bicyclic) bond motifs is 3. The molecule has 3 heterocycles. The summed E-state index contributed by atoms with van der Waals surface area (Å²) in [5, 5.41) is 0. The molecule has 3 aliphatic rings. The van der Waals surface area contributed by atoms with E-state index in [1.165, 1.54) is 6.42 Å². The zero-order valence-corrected chi connectivity index (χ0v) is 9.32. The Bertz CT molecular complexity index is 348. The highest BCUT2D eigenvalue weighted by Gasteiger charge is 2.45. The monoisotopic (exact) mass is 207 g/mol. The second-order valence-electron chi connectivity index (χ2n) is 5.03. The number of ether oxygens (including phenoxy) is 1. The zero-order chi connectivity index (χ0) is 10.6.